The Kier molecular flexibility index (Phi) is 2.47. The number of anilines is 1. The summed E-state index contributed by atoms with van der Waals surface area (Å²) >= 11 is 0. The van der Waals surface area contributed by atoms with E-state index < -0.39 is 4.92 Å². The van der Waals surface area contributed by atoms with Crippen molar-refractivity contribution in [1.82, 2.24) is 0 Å². The summed E-state index contributed by atoms with van der Waals surface area (Å²) in [7, 11) is 0. The molecule has 14 heavy (non-hydrogen) atoms. The topological polar surface area (TPSA) is 69.2 Å². The first-order valence-electron chi connectivity index (χ1n) is 4.37. The van der Waals surface area contributed by atoms with Crippen molar-refractivity contribution in [2.75, 3.05) is 5.73 Å². The molecule has 4 heteroatoms. The smallest absolute Gasteiger partial charge is 0.269 e. The number of nitrogens with zero attached hydrogens (tertiary/aromatic N) is 1. The lowest BCUT2D eigenvalue weighted by atomic mass is 9.85. The number of hydrogen-bond acceptors (Lipinski definition) is 3. The van der Waals surface area contributed by atoms with E-state index in [0.717, 1.165) is 5.56 Å². The molecule has 0 heterocycles. The van der Waals surface area contributed by atoms with Crippen LogP contribution in [0.15, 0.2) is 18.2 Å². The van der Waals surface area contributed by atoms with Crippen LogP contribution in [-0.4, -0.2) is 4.92 Å². The second kappa shape index (κ2) is 3.29. The van der Waals surface area contributed by atoms with Gasteiger partial charge in [0.15, 0.2) is 0 Å². The molecule has 1 aromatic rings. The highest BCUT2D eigenvalue weighted by molar-refractivity contribution is 5.55. The fourth-order valence-electron chi connectivity index (χ4n) is 1.31. The van der Waals surface area contributed by atoms with Crippen molar-refractivity contribution in [2.45, 2.75) is 26.2 Å². The molecule has 0 fully saturated rings. The third-order valence-corrected chi connectivity index (χ3v) is 2.06. The van der Waals surface area contributed by atoms with E-state index in [4.69, 9.17) is 5.73 Å². The summed E-state index contributed by atoms with van der Waals surface area (Å²) in [6.07, 6.45) is 0. The molecule has 2 N–H and O–H groups in total. The van der Waals surface area contributed by atoms with Gasteiger partial charge in [0.1, 0.15) is 0 Å². The molecule has 76 valence electrons. The van der Waals surface area contributed by atoms with E-state index in [2.05, 4.69) is 0 Å². The van der Waals surface area contributed by atoms with E-state index in [0.29, 0.717) is 5.69 Å². The lowest BCUT2D eigenvalue weighted by Crippen LogP contribution is -2.14. The molecule has 0 aliphatic heterocycles. The van der Waals surface area contributed by atoms with Crippen molar-refractivity contribution in [1.29, 1.82) is 0 Å². The lowest BCUT2D eigenvalue weighted by molar-refractivity contribution is -0.384. The first-order chi connectivity index (χ1) is 6.32. The molecule has 0 radical (unpaired) electrons. The first-order valence-corrected chi connectivity index (χ1v) is 4.37. The maximum atomic E-state index is 10.6. The molecule has 0 bridgehead atoms. The molecular weight excluding hydrogens is 180 g/mol. The maximum Gasteiger partial charge on any atom is 0.269 e. The summed E-state index contributed by atoms with van der Waals surface area (Å²) in [4.78, 5) is 10.1. The van der Waals surface area contributed by atoms with Crippen LogP contribution in [0.25, 0.3) is 0 Å². The van der Waals surface area contributed by atoms with Crippen molar-refractivity contribution >= 4 is 11.4 Å². The van der Waals surface area contributed by atoms with E-state index >= 15 is 0 Å². The zero-order valence-corrected chi connectivity index (χ0v) is 8.57. The van der Waals surface area contributed by atoms with Gasteiger partial charge in [-0.1, -0.05) is 20.8 Å². The van der Waals surface area contributed by atoms with Gasteiger partial charge in [0.2, 0.25) is 0 Å². The van der Waals surface area contributed by atoms with Gasteiger partial charge in [-0.2, -0.15) is 0 Å². The average Bonchev–Trinajstić information content (AvgIpc) is 2.02. The minimum Gasteiger partial charge on any atom is -0.398 e. The third kappa shape index (κ3) is 2.02. The van der Waals surface area contributed by atoms with Gasteiger partial charge in [0, 0.05) is 17.8 Å². The molecule has 0 amide bonds. The van der Waals surface area contributed by atoms with E-state index in [-0.39, 0.29) is 11.1 Å². The molecule has 0 spiro atoms. The predicted octanol–water partition coefficient (Wildman–Crippen LogP) is 2.47. The van der Waals surface area contributed by atoms with Crippen LogP contribution in [0.4, 0.5) is 11.4 Å². The minimum absolute atomic E-state index is 0.0872. The van der Waals surface area contributed by atoms with E-state index in [1.54, 1.807) is 6.07 Å². The van der Waals surface area contributed by atoms with Crippen molar-refractivity contribution in [2.24, 2.45) is 0 Å². The Morgan fingerprint density at radius 2 is 1.93 bits per heavy atom. The molecule has 0 aliphatic carbocycles. The standard InChI is InChI=1S/C10H14N2O2/c1-10(2,3)8-6-7(12(13)14)4-5-9(8)11/h4-6H,11H2,1-3H3. The average molecular weight is 194 g/mol. The highest BCUT2D eigenvalue weighted by Crippen LogP contribution is 2.30. The van der Waals surface area contributed by atoms with Crippen molar-refractivity contribution in [3.63, 3.8) is 0 Å². The molecule has 1 aromatic carbocycles. The molecule has 4 nitrogen and oxygen atoms in total. The fraction of sp³-hybridized carbons (Fsp3) is 0.400. The number of non-ortho nitro benzene ring substituents is 1. The quantitative estimate of drug-likeness (QED) is 0.424. The van der Waals surface area contributed by atoms with Gasteiger partial charge >= 0.3 is 0 Å². The molecule has 0 atom stereocenters. The Morgan fingerprint density at radius 1 is 1.36 bits per heavy atom. The van der Waals surface area contributed by atoms with Gasteiger partial charge < -0.3 is 5.73 Å². The van der Waals surface area contributed by atoms with E-state index in [1.807, 2.05) is 20.8 Å². The van der Waals surface area contributed by atoms with Crippen LogP contribution in [0.3, 0.4) is 0 Å². The zero-order chi connectivity index (χ0) is 10.9. The van der Waals surface area contributed by atoms with Crippen LogP contribution >= 0.6 is 0 Å². The van der Waals surface area contributed by atoms with Crippen LogP contribution in [0.1, 0.15) is 26.3 Å². The van der Waals surface area contributed by atoms with Gasteiger partial charge in [-0.05, 0) is 17.0 Å². The number of benzene rings is 1. The molecular formula is C10H14N2O2. The maximum absolute atomic E-state index is 10.6. The van der Waals surface area contributed by atoms with Gasteiger partial charge in [-0.25, -0.2) is 0 Å². The third-order valence-electron chi connectivity index (χ3n) is 2.06. The van der Waals surface area contributed by atoms with Gasteiger partial charge in [-0.15, -0.1) is 0 Å². The molecule has 0 aliphatic rings. The normalized spacial score (nSPS) is 11.4. The Hall–Kier alpha value is -1.58. The Bertz CT molecular complexity index is 367. The summed E-state index contributed by atoms with van der Waals surface area (Å²) in [5, 5.41) is 10.6. The molecule has 0 aromatic heterocycles. The largest absolute Gasteiger partial charge is 0.398 e. The Morgan fingerprint density at radius 3 is 2.36 bits per heavy atom. The van der Waals surface area contributed by atoms with E-state index in [1.165, 1.54) is 12.1 Å². The van der Waals surface area contributed by atoms with E-state index in [9.17, 15) is 10.1 Å². The minimum atomic E-state index is -0.408. The lowest BCUT2D eigenvalue weighted by Gasteiger charge is -2.20. The van der Waals surface area contributed by atoms with Gasteiger partial charge in [-0.3, -0.25) is 10.1 Å². The second-order valence-corrected chi connectivity index (χ2v) is 4.28. The number of hydrogen-bond donors (Lipinski definition) is 1. The zero-order valence-electron chi connectivity index (χ0n) is 8.57. The summed E-state index contributed by atoms with van der Waals surface area (Å²) in [5.74, 6) is 0. The number of nitrogen functional groups attached to an aromatic ring is 1. The van der Waals surface area contributed by atoms with Gasteiger partial charge in [0.05, 0.1) is 4.92 Å². The van der Waals surface area contributed by atoms with Crippen LogP contribution in [0.5, 0.6) is 0 Å². The summed E-state index contributed by atoms with van der Waals surface area (Å²) < 4.78 is 0. The van der Waals surface area contributed by atoms with Crippen LogP contribution in [0.2, 0.25) is 0 Å². The second-order valence-electron chi connectivity index (χ2n) is 4.28. The summed E-state index contributed by atoms with van der Waals surface area (Å²) in [6.45, 7) is 5.92. The van der Waals surface area contributed by atoms with Crippen LogP contribution in [-0.2, 0) is 5.41 Å². The molecule has 1 rings (SSSR count). The summed E-state index contributed by atoms with van der Waals surface area (Å²) in [6, 6.07) is 4.54. The highest BCUT2D eigenvalue weighted by Gasteiger charge is 2.19. The number of nitrogens with two attached hydrogens (primary N) is 1. The first kappa shape index (κ1) is 10.5. The number of rotatable bonds is 1. The van der Waals surface area contributed by atoms with Crippen LogP contribution in [0, 0.1) is 10.1 Å². The molecule has 0 saturated heterocycles. The fourth-order valence-corrected chi connectivity index (χ4v) is 1.31. The predicted molar refractivity (Wildman–Crippen MR) is 56.2 cm³/mol. The Labute approximate surface area is 82.9 Å². The molecule has 0 unspecified atom stereocenters. The monoisotopic (exact) mass is 194 g/mol. The highest BCUT2D eigenvalue weighted by atomic mass is 16.6. The number of nitro benzene ring substituents is 1. The van der Waals surface area contributed by atoms with Gasteiger partial charge in [0.25, 0.3) is 5.69 Å². The van der Waals surface area contributed by atoms with Crippen molar-refractivity contribution < 1.29 is 4.92 Å². The van der Waals surface area contributed by atoms with Crippen molar-refractivity contribution in [3.05, 3.63) is 33.9 Å². The summed E-state index contributed by atoms with van der Waals surface area (Å²) in [5.41, 5.74) is 7.08. The van der Waals surface area contributed by atoms with Crippen LogP contribution < -0.4 is 5.73 Å². The SMILES string of the molecule is CC(C)(C)c1cc([N+](=O)[O-])ccc1N. The Balaban J connectivity index is 3.29. The molecule has 0 saturated carbocycles. The number of nitro groups is 1. The van der Waals surface area contributed by atoms with Crippen molar-refractivity contribution in [3.8, 4) is 0 Å².